The zero-order chi connectivity index (χ0) is 23.2. The summed E-state index contributed by atoms with van der Waals surface area (Å²) in [6.07, 6.45) is 2.95. The van der Waals surface area contributed by atoms with Gasteiger partial charge in [-0.1, -0.05) is 73.7 Å². The first kappa shape index (κ1) is 22.7. The lowest BCUT2D eigenvalue weighted by Gasteiger charge is -2.17. The monoisotopic (exact) mass is 445 g/mol. The summed E-state index contributed by atoms with van der Waals surface area (Å²) >= 11 is 0. The maximum absolute atomic E-state index is 12.5. The SMILES string of the molecule is CC(C)c1ccc(CN2CC(CNC(=O)c3cn(CCc4ccccc4)nn3)CC2=O)cc1. The summed E-state index contributed by atoms with van der Waals surface area (Å²) in [4.78, 5) is 26.8. The number of hydrogen-bond donors (Lipinski definition) is 1. The van der Waals surface area contributed by atoms with Gasteiger partial charge in [0.15, 0.2) is 5.69 Å². The van der Waals surface area contributed by atoms with E-state index in [1.54, 1.807) is 10.9 Å². The van der Waals surface area contributed by atoms with E-state index in [0.29, 0.717) is 44.2 Å². The van der Waals surface area contributed by atoms with Crippen LogP contribution in [0.5, 0.6) is 0 Å². The lowest BCUT2D eigenvalue weighted by molar-refractivity contribution is -0.128. The van der Waals surface area contributed by atoms with E-state index in [1.807, 2.05) is 23.1 Å². The third kappa shape index (κ3) is 6.06. The fourth-order valence-electron chi connectivity index (χ4n) is 4.10. The number of carbonyl (C=O) groups is 2. The standard InChI is InChI=1S/C26H31N5O2/c1-19(2)23-10-8-21(9-11-23)16-30-17-22(14-25(30)32)15-27-26(33)24-18-31(29-28-24)13-12-20-6-4-3-5-7-20/h3-11,18-19,22H,12-17H2,1-2H3,(H,27,33). The molecule has 172 valence electrons. The summed E-state index contributed by atoms with van der Waals surface area (Å²) in [5, 5.41) is 11.0. The Morgan fingerprint density at radius 1 is 1.09 bits per heavy atom. The minimum Gasteiger partial charge on any atom is -0.350 e. The third-order valence-electron chi connectivity index (χ3n) is 6.11. The Morgan fingerprint density at radius 2 is 1.85 bits per heavy atom. The van der Waals surface area contributed by atoms with Crippen molar-refractivity contribution in [3.63, 3.8) is 0 Å². The average Bonchev–Trinajstić information content (AvgIpc) is 3.44. The van der Waals surface area contributed by atoms with E-state index in [4.69, 9.17) is 0 Å². The van der Waals surface area contributed by atoms with Gasteiger partial charge in [-0.2, -0.15) is 0 Å². The smallest absolute Gasteiger partial charge is 0.273 e. The molecule has 0 radical (unpaired) electrons. The van der Waals surface area contributed by atoms with Crippen LogP contribution < -0.4 is 5.32 Å². The van der Waals surface area contributed by atoms with Crippen molar-refractivity contribution in [1.82, 2.24) is 25.2 Å². The number of aromatic nitrogens is 3. The number of amides is 2. The van der Waals surface area contributed by atoms with E-state index in [2.05, 4.69) is 65.9 Å². The first-order valence-corrected chi connectivity index (χ1v) is 11.6. The van der Waals surface area contributed by atoms with E-state index < -0.39 is 0 Å². The number of benzene rings is 2. The van der Waals surface area contributed by atoms with Crippen molar-refractivity contribution in [2.24, 2.45) is 5.92 Å². The number of likely N-dealkylation sites (tertiary alicyclic amines) is 1. The van der Waals surface area contributed by atoms with Crippen molar-refractivity contribution in [3.8, 4) is 0 Å². The van der Waals surface area contributed by atoms with Crippen molar-refractivity contribution in [2.75, 3.05) is 13.1 Å². The van der Waals surface area contributed by atoms with Gasteiger partial charge in [0.2, 0.25) is 5.91 Å². The van der Waals surface area contributed by atoms with Gasteiger partial charge in [-0.25, -0.2) is 0 Å². The summed E-state index contributed by atoms with van der Waals surface area (Å²) in [6, 6.07) is 18.6. The van der Waals surface area contributed by atoms with Crippen LogP contribution in [0.15, 0.2) is 60.8 Å². The molecule has 1 saturated heterocycles. The molecule has 2 amide bonds. The number of rotatable bonds is 9. The number of aryl methyl sites for hydroxylation is 2. The Balaban J connectivity index is 1.23. The van der Waals surface area contributed by atoms with E-state index >= 15 is 0 Å². The molecule has 2 heterocycles. The highest BCUT2D eigenvalue weighted by Crippen LogP contribution is 2.21. The van der Waals surface area contributed by atoms with Gasteiger partial charge in [0, 0.05) is 38.5 Å². The zero-order valence-corrected chi connectivity index (χ0v) is 19.3. The highest BCUT2D eigenvalue weighted by molar-refractivity contribution is 5.91. The van der Waals surface area contributed by atoms with E-state index in [0.717, 1.165) is 12.0 Å². The van der Waals surface area contributed by atoms with Crippen LogP contribution in [0.2, 0.25) is 0 Å². The number of nitrogens with zero attached hydrogens (tertiary/aromatic N) is 4. The van der Waals surface area contributed by atoms with E-state index in [-0.39, 0.29) is 17.7 Å². The Morgan fingerprint density at radius 3 is 2.58 bits per heavy atom. The molecule has 33 heavy (non-hydrogen) atoms. The highest BCUT2D eigenvalue weighted by Gasteiger charge is 2.30. The summed E-state index contributed by atoms with van der Waals surface area (Å²) in [5.41, 5.74) is 3.94. The van der Waals surface area contributed by atoms with Gasteiger partial charge in [0.1, 0.15) is 0 Å². The first-order chi connectivity index (χ1) is 16.0. The average molecular weight is 446 g/mol. The predicted molar refractivity (Wildman–Crippen MR) is 127 cm³/mol. The van der Waals surface area contributed by atoms with Crippen LogP contribution >= 0.6 is 0 Å². The fourth-order valence-corrected chi connectivity index (χ4v) is 4.10. The minimum absolute atomic E-state index is 0.101. The zero-order valence-electron chi connectivity index (χ0n) is 19.3. The molecular formula is C26H31N5O2. The summed E-state index contributed by atoms with van der Waals surface area (Å²) in [7, 11) is 0. The van der Waals surface area contributed by atoms with Gasteiger partial charge in [-0.05, 0) is 29.0 Å². The van der Waals surface area contributed by atoms with Crippen molar-refractivity contribution >= 4 is 11.8 Å². The molecule has 3 aromatic rings. The molecule has 4 rings (SSSR count). The molecule has 1 atom stereocenters. The van der Waals surface area contributed by atoms with Gasteiger partial charge >= 0.3 is 0 Å². The second-order valence-corrected chi connectivity index (χ2v) is 9.05. The Hall–Kier alpha value is -3.48. The summed E-state index contributed by atoms with van der Waals surface area (Å²) in [6.45, 7) is 6.71. The molecule has 1 aromatic heterocycles. The maximum Gasteiger partial charge on any atom is 0.273 e. The molecule has 1 unspecified atom stereocenters. The van der Waals surface area contributed by atoms with E-state index in [9.17, 15) is 9.59 Å². The van der Waals surface area contributed by atoms with Crippen LogP contribution in [0.25, 0.3) is 0 Å². The van der Waals surface area contributed by atoms with Crippen molar-refractivity contribution in [3.05, 3.63) is 83.2 Å². The Labute approximate surface area is 194 Å². The predicted octanol–water partition coefficient (Wildman–Crippen LogP) is 3.42. The normalized spacial score (nSPS) is 15.9. The fraction of sp³-hybridized carbons (Fsp3) is 0.385. The molecule has 7 nitrogen and oxygen atoms in total. The van der Waals surface area contributed by atoms with Gasteiger partial charge in [-0.15, -0.1) is 5.10 Å². The number of carbonyl (C=O) groups excluding carboxylic acids is 2. The van der Waals surface area contributed by atoms with Gasteiger partial charge in [0.25, 0.3) is 5.91 Å². The lowest BCUT2D eigenvalue weighted by Crippen LogP contribution is -2.31. The molecule has 0 bridgehead atoms. The van der Waals surface area contributed by atoms with E-state index in [1.165, 1.54) is 11.1 Å². The Kier molecular flexibility index (Phi) is 7.17. The minimum atomic E-state index is -0.254. The number of hydrogen-bond acceptors (Lipinski definition) is 4. The molecule has 1 fully saturated rings. The highest BCUT2D eigenvalue weighted by atomic mass is 16.2. The lowest BCUT2D eigenvalue weighted by atomic mass is 10.0. The molecule has 0 aliphatic carbocycles. The van der Waals surface area contributed by atoms with Crippen LogP contribution in [0.1, 0.15) is 53.4 Å². The molecule has 0 spiro atoms. The first-order valence-electron chi connectivity index (χ1n) is 11.6. The number of nitrogens with one attached hydrogen (secondary N) is 1. The quantitative estimate of drug-likeness (QED) is 0.547. The van der Waals surface area contributed by atoms with Crippen LogP contribution in [0, 0.1) is 5.92 Å². The second kappa shape index (κ2) is 10.4. The Bertz CT molecular complexity index is 1080. The van der Waals surface area contributed by atoms with Gasteiger partial charge in [0.05, 0.1) is 6.20 Å². The molecule has 7 heteroatoms. The van der Waals surface area contributed by atoms with Crippen molar-refractivity contribution in [2.45, 2.75) is 45.7 Å². The summed E-state index contributed by atoms with van der Waals surface area (Å²) in [5.74, 6) is 0.473. The van der Waals surface area contributed by atoms with Gasteiger partial charge < -0.3 is 10.2 Å². The molecule has 1 N–H and O–H groups in total. The molecule has 2 aromatic carbocycles. The van der Waals surface area contributed by atoms with Crippen LogP contribution in [-0.2, 0) is 24.3 Å². The topological polar surface area (TPSA) is 80.1 Å². The van der Waals surface area contributed by atoms with Crippen LogP contribution in [0.4, 0.5) is 0 Å². The maximum atomic E-state index is 12.5. The summed E-state index contributed by atoms with van der Waals surface area (Å²) < 4.78 is 1.69. The molecule has 1 aliphatic heterocycles. The molecular weight excluding hydrogens is 414 g/mol. The van der Waals surface area contributed by atoms with Crippen molar-refractivity contribution in [1.29, 1.82) is 0 Å². The molecule has 1 aliphatic rings. The van der Waals surface area contributed by atoms with Gasteiger partial charge in [-0.3, -0.25) is 14.3 Å². The van der Waals surface area contributed by atoms with Crippen molar-refractivity contribution < 1.29 is 9.59 Å². The largest absolute Gasteiger partial charge is 0.350 e. The second-order valence-electron chi connectivity index (χ2n) is 9.05. The van der Waals surface area contributed by atoms with Crippen LogP contribution in [0.3, 0.4) is 0 Å². The third-order valence-corrected chi connectivity index (χ3v) is 6.11. The molecule has 0 saturated carbocycles. The van der Waals surface area contributed by atoms with Crippen LogP contribution in [-0.4, -0.2) is 44.8 Å².